The van der Waals surface area contributed by atoms with E-state index in [0.29, 0.717) is 12.8 Å². The minimum absolute atomic E-state index is 0.135. The highest BCUT2D eigenvalue weighted by atomic mass is 16.6. The summed E-state index contributed by atoms with van der Waals surface area (Å²) in [6, 6.07) is 0. The smallest absolute Gasteiger partial charge is 0.306 e. The van der Waals surface area contributed by atoms with Gasteiger partial charge >= 0.3 is 17.9 Å². The minimum Gasteiger partial charge on any atom is -0.462 e. The van der Waals surface area contributed by atoms with E-state index in [1.807, 2.05) is 12.2 Å². The lowest BCUT2D eigenvalue weighted by atomic mass is 10.1. The van der Waals surface area contributed by atoms with Crippen molar-refractivity contribution in [3.05, 3.63) is 158 Å². The molecule has 6 nitrogen and oxygen atoms in total. The first-order valence-electron chi connectivity index (χ1n) is 27.0. The SMILES string of the molecule is CC/C=C\C/C=C\C/C=C\C/C=C\C/C=C\C/C=C\CCC(=O)OCC(COC(=O)CCCC/C=C\C/C=C\C/C=C\C/C=C\CC)OC(=O)CCCCCCCCC/C=C\C/C=C\C/C=C\CC. The number of ether oxygens (including phenoxy) is 3. The minimum atomic E-state index is -0.839. The predicted octanol–water partition coefficient (Wildman–Crippen LogP) is 18.2. The number of allylic oxidation sites excluding steroid dienone is 26. The largest absolute Gasteiger partial charge is 0.462 e. The highest BCUT2D eigenvalue weighted by Gasteiger charge is 2.19. The molecule has 0 aliphatic heterocycles. The number of esters is 3. The van der Waals surface area contributed by atoms with Crippen LogP contribution in [0.1, 0.15) is 201 Å². The van der Waals surface area contributed by atoms with Gasteiger partial charge < -0.3 is 14.2 Å². The van der Waals surface area contributed by atoms with Crippen LogP contribution in [0.4, 0.5) is 0 Å². The van der Waals surface area contributed by atoms with Crippen LogP contribution < -0.4 is 0 Å². The van der Waals surface area contributed by atoms with Gasteiger partial charge in [-0.15, -0.1) is 0 Å². The van der Waals surface area contributed by atoms with E-state index in [-0.39, 0.29) is 50.4 Å². The molecule has 69 heavy (non-hydrogen) atoms. The molecule has 0 rings (SSSR count). The zero-order chi connectivity index (χ0) is 50.0. The number of unbranched alkanes of at least 4 members (excludes halogenated alkanes) is 9. The van der Waals surface area contributed by atoms with Crippen LogP contribution in [0.2, 0.25) is 0 Å². The van der Waals surface area contributed by atoms with E-state index in [1.54, 1.807) is 0 Å². The van der Waals surface area contributed by atoms with E-state index >= 15 is 0 Å². The van der Waals surface area contributed by atoms with Crippen LogP contribution in [0.25, 0.3) is 0 Å². The summed E-state index contributed by atoms with van der Waals surface area (Å²) in [7, 11) is 0. The Labute approximate surface area is 422 Å². The van der Waals surface area contributed by atoms with Crippen LogP contribution in [-0.4, -0.2) is 37.2 Å². The summed E-state index contributed by atoms with van der Waals surface area (Å²) in [6.07, 6.45) is 81.0. The van der Waals surface area contributed by atoms with Crippen LogP contribution >= 0.6 is 0 Å². The molecule has 6 heteroatoms. The average molecular weight is 949 g/mol. The van der Waals surface area contributed by atoms with Gasteiger partial charge in [0, 0.05) is 19.3 Å². The second kappa shape index (κ2) is 55.6. The molecule has 0 saturated heterocycles. The van der Waals surface area contributed by atoms with Crippen molar-refractivity contribution < 1.29 is 28.6 Å². The van der Waals surface area contributed by atoms with Gasteiger partial charge in [-0.2, -0.15) is 0 Å². The molecule has 384 valence electrons. The number of carbonyl (C=O) groups excluding carboxylic acids is 3. The van der Waals surface area contributed by atoms with Crippen LogP contribution in [0.15, 0.2) is 158 Å². The Morgan fingerprint density at radius 1 is 0.290 bits per heavy atom. The Morgan fingerprint density at radius 2 is 0.551 bits per heavy atom. The van der Waals surface area contributed by atoms with Gasteiger partial charge in [-0.05, 0) is 128 Å². The summed E-state index contributed by atoms with van der Waals surface area (Å²) >= 11 is 0. The number of hydrogen-bond acceptors (Lipinski definition) is 6. The Morgan fingerprint density at radius 3 is 0.928 bits per heavy atom. The van der Waals surface area contributed by atoms with Crippen LogP contribution in [0.3, 0.4) is 0 Å². The second-order valence-electron chi connectivity index (χ2n) is 17.0. The number of rotatable bonds is 46. The summed E-state index contributed by atoms with van der Waals surface area (Å²) in [5.74, 6) is -1.08. The van der Waals surface area contributed by atoms with E-state index in [0.717, 1.165) is 128 Å². The monoisotopic (exact) mass is 949 g/mol. The van der Waals surface area contributed by atoms with Gasteiger partial charge in [0.25, 0.3) is 0 Å². The molecule has 0 heterocycles. The van der Waals surface area contributed by atoms with Crippen LogP contribution in [0.5, 0.6) is 0 Å². The maximum atomic E-state index is 12.8. The second-order valence-corrected chi connectivity index (χ2v) is 17.0. The molecule has 0 fully saturated rings. The fourth-order valence-corrected chi connectivity index (χ4v) is 6.59. The lowest BCUT2D eigenvalue weighted by Crippen LogP contribution is -2.30. The predicted molar refractivity (Wildman–Crippen MR) is 297 cm³/mol. The highest BCUT2D eigenvalue weighted by molar-refractivity contribution is 5.71. The zero-order valence-corrected chi connectivity index (χ0v) is 43.8. The molecule has 0 amide bonds. The van der Waals surface area contributed by atoms with Gasteiger partial charge in [-0.1, -0.05) is 211 Å². The molecule has 0 aromatic rings. The van der Waals surface area contributed by atoms with Gasteiger partial charge in [0.2, 0.25) is 0 Å². The highest BCUT2D eigenvalue weighted by Crippen LogP contribution is 2.12. The van der Waals surface area contributed by atoms with Gasteiger partial charge in [-0.25, -0.2) is 0 Å². The van der Waals surface area contributed by atoms with E-state index in [4.69, 9.17) is 14.2 Å². The van der Waals surface area contributed by atoms with Crippen molar-refractivity contribution >= 4 is 17.9 Å². The summed E-state index contributed by atoms with van der Waals surface area (Å²) in [5.41, 5.74) is 0. The molecule has 0 N–H and O–H groups in total. The fraction of sp³-hybridized carbons (Fsp3) is 0.540. The van der Waals surface area contributed by atoms with Crippen molar-refractivity contribution in [1.29, 1.82) is 0 Å². The molecular formula is C63H96O6. The van der Waals surface area contributed by atoms with E-state index < -0.39 is 6.10 Å². The molecule has 0 aliphatic rings. The lowest BCUT2D eigenvalue weighted by Gasteiger charge is -2.18. The van der Waals surface area contributed by atoms with Gasteiger partial charge in [-0.3, -0.25) is 14.4 Å². The van der Waals surface area contributed by atoms with Crippen molar-refractivity contribution in [3.8, 4) is 0 Å². The van der Waals surface area contributed by atoms with Gasteiger partial charge in [0.15, 0.2) is 6.10 Å². The van der Waals surface area contributed by atoms with Crippen molar-refractivity contribution in [2.75, 3.05) is 13.2 Å². The molecule has 0 aromatic heterocycles. The Kier molecular flexibility index (Phi) is 51.6. The van der Waals surface area contributed by atoms with Crippen molar-refractivity contribution in [2.24, 2.45) is 0 Å². The van der Waals surface area contributed by atoms with Crippen molar-refractivity contribution in [1.82, 2.24) is 0 Å². The Bertz CT molecular complexity index is 1610. The van der Waals surface area contributed by atoms with E-state index in [2.05, 4.69) is 167 Å². The molecule has 1 atom stereocenters. The van der Waals surface area contributed by atoms with Gasteiger partial charge in [0.1, 0.15) is 13.2 Å². The third kappa shape index (κ3) is 53.8. The molecule has 1 unspecified atom stereocenters. The molecule has 0 aromatic carbocycles. The number of carbonyl (C=O) groups is 3. The first-order valence-corrected chi connectivity index (χ1v) is 27.0. The Balaban J connectivity index is 4.61. The molecule has 0 bridgehead atoms. The quantitative estimate of drug-likeness (QED) is 0.0262. The molecule has 0 radical (unpaired) electrons. The molecule has 0 aliphatic carbocycles. The van der Waals surface area contributed by atoms with E-state index in [1.165, 1.54) is 19.3 Å². The summed E-state index contributed by atoms with van der Waals surface area (Å²) < 4.78 is 16.7. The summed E-state index contributed by atoms with van der Waals surface area (Å²) in [6.45, 7) is 6.17. The third-order valence-electron chi connectivity index (χ3n) is 10.5. The lowest BCUT2D eigenvalue weighted by molar-refractivity contribution is -0.166. The summed E-state index contributed by atoms with van der Waals surface area (Å²) in [5, 5.41) is 0. The molecule has 0 spiro atoms. The zero-order valence-electron chi connectivity index (χ0n) is 43.8. The number of hydrogen-bond donors (Lipinski definition) is 0. The first kappa shape index (κ1) is 64.0. The normalized spacial score (nSPS) is 13.4. The molecule has 0 saturated carbocycles. The van der Waals surface area contributed by atoms with Crippen LogP contribution in [0, 0.1) is 0 Å². The maximum absolute atomic E-state index is 12.8. The van der Waals surface area contributed by atoms with E-state index in [9.17, 15) is 14.4 Å². The third-order valence-corrected chi connectivity index (χ3v) is 10.5. The summed E-state index contributed by atoms with van der Waals surface area (Å²) in [4.78, 5) is 38.1. The first-order chi connectivity index (χ1) is 34.0. The van der Waals surface area contributed by atoms with Crippen LogP contribution in [-0.2, 0) is 28.6 Å². The average Bonchev–Trinajstić information content (AvgIpc) is 3.35. The van der Waals surface area contributed by atoms with Crippen molar-refractivity contribution in [3.63, 3.8) is 0 Å². The Hall–Kier alpha value is -4.97. The molecular weight excluding hydrogens is 853 g/mol. The van der Waals surface area contributed by atoms with Crippen molar-refractivity contribution in [2.45, 2.75) is 207 Å². The topological polar surface area (TPSA) is 78.9 Å². The maximum Gasteiger partial charge on any atom is 0.306 e. The standard InChI is InChI=1S/C63H96O6/c1-4-7-10-13-16-19-22-25-28-30-31-33-35-38-41-44-47-50-53-56-62(65)68-59-60(58-67-61(64)55-52-49-46-43-40-37-34-27-24-21-18-15-12-9-6-3)69-63(66)57-54-51-48-45-42-39-36-32-29-26-23-20-17-14-11-8-5-2/h7-12,16-21,25-29,31,33-34,38,40-41,43,47,50,60H,4-6,13-15,22-24,30,32,35-37,39,42,44-46,48-49,51-59H2,1-3H3/b10-7-,11-8-,12-9-,19-16-,20-17-,21-18-,28-25-,29-26-,33-31-,34-27-,41-38-,43-40-,50-47-. The fourth-order valence-electron chi connectivity index (χ4n) is 6.59. The van der Waals surface area contributed by atoms with Gasteiger partial charge in [0.05, 0.1) is 0 Å².